The topological polar surface area (TPSA) is 32.8 Å². The summed E-state index contributed by atoms with van der Waals surface area (Å²) in [4.78, 5) is 0. The van der Waals surface area contributed by atoms with Crippen molar-refractivity contribution in [3.05, 3.63) is 29.3 Å². The highest BCUT2D eigenvalue weighted by atomic mass is 16.6. The Kier molecular flexibility index (Phi) is 2.96. The van der Waals surface area contributed by atoms with Gasteiger partial charge in [-0.25, -0.2) is 0 Å². The minimum absolute atomic E-state index is 0.411. The van der Waals surface area contributed by atoms with E-state index < -0.39 is 0 Å². The van der Waals surface area contributed by atoms with E-state index in [0.29, 0.717) is 18.0 Å². The van der Waals surface area contributed by atoms with Gasteiger partial charge in [0.15, 0.2) is 0 Å². The van der Waals surface area contributed by atoms with Gasteiger partial charge in [-0.2, -0.15) is 0 Å². The molecule has 1 N–H and O–H groups in total. The van der Waals surface area contributed by atoms with Gasteiger partial charge in [0.1, 0.15) is 5.75 Å². The molecule has 1 heterocycles. The Bertz CT molecular complexity index is 346. The molecular weight excluding hydrogens is 188 g/mol. The van der Waals surface area contributed by atoms with Gasteiger partial charge in [-0.1, -0.05) is 24.6 Å². The van der Waals surface area contributed by atoms with Crippen molar-refractivity contribution < 1.29 is 9.84 Å². The summed E-state index contributed by atoms with van der Waals surface area (Å²) in [5.41, 5.74) is 2.24. The van der Waals surface area contributed by atoms with Crippen LogP contribution in [0.25, 0.3) is 0 Å². The third-order valence-corrected chi connectivity index (χ3v) is 3.02. The molecule has 0 aromatic heterocycles. The van der Waals surface area contributed by atoms with Crippen molar-refractivity contribution in [2.24, 2.45) is 0 Å². The van der Waals surface area contributed by atoms with Crippen LogP contribution in [0.1, 0.15) is 30.9 Å². The van der Waals surface area contributed by atoms with E-state index in [1.165, 1.54) is 5.56 Å². The number of benzene rings is 1. The molecule has 2 atom stereocenters. The maximum atomic E-state index is 9.65. The van der Waals surface area contributed by atoms with Crippen molar-refractivity contribution in [2.45, 2.75) is 45.3 Å². The molecule has 2 heteroatoms. The van der Waals surface area contributed by atoms with E-state index >= 15 is 0 Å². The summed E-state index contributed by atoms with van der Waals surface area (Å²) in [5, 5.41) is 9.65. The maximum Gasteiger partial charge on any atom is 0.118 e. The van der Waals surface area contributed by atoms with Gasteiger partial charge in [0.05, 0.1) is 12.2 Å². The summed E-state index contributed by atoms with van der Waals surface area (Å²) in [7, 11) is 0. The Hall–Kier alpha value is -1.02. The van der Waals surface area contributed by atoms with Crippen molar-refractivity contribution >= 4 is 0 Å². The Morgan fingerprint density at radius 2 is 2.13 bits per heavy atom. The molecule has 15 heavy (non-hydrogen) atoms. The molecule has 1 aromatic rings. The first kappa shape index (κ1) is 10.5. The summed E-state index contributed by atoms with van der Waals surface area (Å²) in [6, 6.07) is 5.76. The highest BCUT2D eigenvalue weighted by Crippen LogP contribution is 2.30. The number of aromatic hydroxyl groups is 1. The van der Waals surface area contributed by atoms with E-state index in [4.69, 9.17) is 4.74 Å². The fourth-order valence-electron chi connectivity index (χ4n) is 2.00. The minimum Gasteiger partial charge on any atom is -0.508 e. The smallest absolute Gasteiger partial charge is 0.118 e. The molecule has 0 spiro atoms. The second kappa shape index (κ2) is 4.23. The van der Waals surface area contributed by atoms with Crippen LogP contribution in [-0.4, -0.2) is 17.3 Å². The summed E-state index contributed by atoms with van der Waals surface area (Å²) >= 11 is 0. The van der Waals surface area contributed by atoms with E-state index in [2.05, 4.69) is 13.0 Å². The van der Waals surface area contributed by atoms with Crippen molar-refractivity contribution in [2.75, 3.05) is 0 Å². The van der Waals surface area contributed by atoms with Gasteiger partial charge in [0.2, 0.25) is 0 Å². The number of epoxide rings is 1. The maximum absolute atomic E-state index is 9.65. The van der Waals surface area contributed by atoms with Crippen LogP contribution < -0.4 is 0 Å². The number of phenolic OH excluding ortho intramolecular Hbond substituents is 1. The van der Waals surface area contributed by atoms with Gasteiger partial charge in [-0.15, -0.1) is 0 Å². The molecule has 1 saturated heterocycles. The first-order valence-electron chi connectivity index (χ1n) is 5.64. The van der Waals surface area contributed by atoms with Gasteiger partial charge in [0, 0.05) is 0 Å². The third kappa shape index (κ3) is 2.51. The largest absolute Gasteiger partial charge is 0.508 e. The zero-order valence-electron chi connectivity index (χ0n) is 9.36. The Morgan fingerprint density at radius 1 is 1.33 bits per heavy atom. The van der Waals surface area contributed by atoms with E-state index in [9.17, 15) is 5.11 Å². The summed E-state index contributed by atoms with van der Waals surface area (Å²) in [5.74, 6) is 0.411. The predicted molar refractivity (Wildman–Crippen MR) is 60.1 cm³/mol. The van der Waals surface area contributed by atoms with E-state index in [1.807, 2.05) is 13.0 Å². The van der Waals surface area contributed by atoms with Crippen LogP contribution in [0.4, 0.5) is 0 Å². The highest BCUT2D eigenvalue weighted by Gasteiger charge is 2.36. The highest BCUT2D eigenvalue weighted by molar-refractivity contribution is 5.35. The lowest BCUT2D eigenvalue weighted by Crippen LogP contribution is -1.96. The molecule has 0 bridgehead atoms. The van der Waals surface area contributed by atoms with E-state index in [1.54, 1.807) is 6.07 Å². The van der Waals surface area contributed by atoms with Gasteiger partial charge in [-0.05, 0) is 37.8 Å². The minimum atomic E-state index is 0.411. The van der Waals surface area contributed by atoms with Crippen LogP contribution in [0.15, 0.2) is 18.2 Å². The van der Waals surface area contributed by atoms with Crippen LogP contribution in [0.3, 0.4) is 0 Å². The molecule has 82 valence electrons. The average molecular weight is 206 g/mol. The zero-order valence-corrected chi connectivity index (χ0v) is 9.36. The lowest BCUT2D eigenvalue weighted by atomic mass is 10.0. The van der Waals surface area contributed by atoms with E-state index in [-0.39, 0.29) is 0 Å². The van der Waals surface area contributed by atoms with E-state index in [0.717, 1.165) is 24.8 Å². The molecule has 2 unspecified atom stereocenters. The molecule has 0 amide bonds. The lowest BCUT2D eigenvalue weighted by Gasteiger charge is -2.04. The average Bonchev–Trinajstić information content (AvgIpc) is 2.98. The predicted octanol–water partition coefficient (Wildman–Crippen LogP) is 2.81. The molecule has 2 rings (SSSR count). The number of hydrogen-bond acceptors (Lipinski definition) is 2. The van der Waals surface area contributed by atoms with Crippen LogP contribution in [0.5, 0.6) is 5.75 Å². The number of phenols is 1. The molecule has 0 saturated carbocycles. The monoisotopic (exact) mass is 206 g/mol. The molecule has 2 nitrogen and oxygen atoms in total. The van der Waals surface area contributed by atoms with Crippen LogP contribution in [0, 0.1) is 6.92 Å². The fraction of sp³-hybridized carbons (Fsp3) is 0.538. The Labute approximate surface area is 90.9 Å². The second-order valence-electron chi connectivity index (χ2n) is 4.29. The van der Waals surface area contributed by atoms with Crippen molar-refractivity contribution in [3.63, 3.8) is 0 Å². The molecule has 1 aliphatic rings. The van der Waals surface area contributed by atoms with Crippen LogP contribution in [-0.2, 0) is 11.2 Å². The first-order valence-corrected chi connectivity index (χ1v) is 5.64. The van der Waals surface area contributed by atoms with Gasteiger partial charge < -0.3 is 9.84 Å². The quantitative estimate of drug-likeness (QED) is 0.768. The third-order valence-electron chi connectivity index (χ3n) is 3.02. The number of aryl methyl sites for hydroxylation is 2. The normalized spacial score (nSPS) is 24.1. The van der Waals surface area contributed by atoms with Gasteiger partial charge >= 0.3 is 0 Å². The van der Waals surface area contributed by atoms with Crippen molar-refractivity contribution in [1.29, 1.82) is 0 Å². The standard InChI is InChI=1S/C13H18O2/c1-3-12-13(15-12)7-5-10-8-9(2)4-6-11(10)14/h4,6,8,12-14H,3,5,7H2,1-2H3. The molecular formula is C13H18O2. The van der Waals surface area contributed by atoms with Crippen LogP contribution in [0.2, 0.25) is 0 Å². The van der Waals surface area contributed by atoms with Gasteiger partial charge in [-0.3, -0.25) is 0 Å². The summed E-state index contributed by atoms with van der Waals surface area (Å²) in [6.45, 7) is 4.19. The zero-order chi connectivity index (χ0) is 10.8. The number of ether oxygens (including phenoxy) is 1. The number of rotatable bonds is 4. The Morgan fingerprint density at radius 3 is 2.80 bits per heavy atom. The van der Waals surface area contributed by atoms with Gasteiger partial charge in [0.25, 0.3) is 0 Å². The molecule has 1 aromatic carbocycles. The fourth-order valence-corrected chi connectivity index (χ4v) is 2.00. The van der Waals surface area contributed by atoms with Crippen molar-refractivity contribution in [3.8, 4) is 5.75 Å². The molecule has 1 aliphatic heterocycles. The second-order valence-corrected chi connectivity index (χ2v) is 4.29. The first-order chi connectivity index (χ1) is 7.20. The Balaban J connectivity index is 1.91. The summed E-state index contributed by atoms with van der Waals surface area (Å²) in [6.07, 6.45) is 3.93. The molecule has 0 radical (unpaired) electrons. The molecule has 1 fully saturated rings. The lowest BCUT2D eigenvalue weighted by molar-refractivity contribution is 0.359. The summed E-state index contributed by atoms with van der Waals surface area (Å²) < 4.78 is 5.48. The SMILES string of the molecule is CCC1OC1CCc1cc(C)ccc1O. The number of hydrogen-bond donors (Lipinski definition) is 1. The van der Waals surface area contributed by atoms with Crippen molar-refractivity contribution in [1.82, 2.24) is 0 Å². The van der Waals surface area contributed by atoms with Crippen LogP contribution >= 0.6 is 0 Å². The molecule has 0 aliphatic carbocycles.